The zero-order chi connectivity index (χ0) is 16.7. The van der Waals surface area contributed by atoms with Crippen LogP contribution in [0.4, 0.5) is 0 Å². The van der Waals surface area contributed by atoms with Gasteiger partial charge in [-0.05, 0) is 31.9 Å². The Kier molecular flexibility index (Phi) is 4.63. The Morgan fingerprint density at radius 3 is 2.74 bits per heavy atom. The Hall–Kier alpha value is -0.800. The highest BCUT2D eigenvalue weighted by molar-refractivity contribution is 9.10. The molecule has 2 heterocycles. The first-order valence-electron chi connectivity index (χ1n) is 7.22. The number of aliphatic hydroxyl groups excluding tert-OH is 1. The maximum Gasteiger partial charge on any atom is 0.261 e. The molecule has 124 valence electrons. The van der Waals surface area contributed by atoms with Gasteiger partial charge in [0, 0.05) is 22.0 Å². The van der Waals surface area contributed by atoms with E-state index in [1.165, 1.54) is 15.6 Å². The molecule has 3 rings (SSSR count). The highest BCUT2D eigenvalue weighted by atomic mass is 79.9. The van der Waals surface area contributed by atoms with Crippen LogP contribution in [0.5, 0.6) is 0 Å². The lowest BCUT2D eigenvalue weighted by Gasteiger charge is -2.31. The molecule has 1 N–H and O–H groups in total. The van der Waals surface area contributed by atoms with E-state index in [1.54, 1.807) is 12.3 Å². The van der Waals surface area contributed by atoms with Crippen LogP contribution in [0, 0.1) is 0 Å². The van der Waals surface area contributed by atoms with Crippen molar-refractivity contribution in [2.75, 3.05) is 13.2 Å². The van der Waals surface area contributed by atoms with Gasteiger partial charge in [-0.1, -0.05) is 28.1 Å². The second kappa shape index (κ2) is 6.25. The Morgan fingerprint density at radius 1 is 1.39 bits per heavy atom. The van der Waals surface area contributed by atoms with Crippen LogP contribution in [-0.2, 0) is 10.0 Å². The summed E-state index contributed by atoms with van der Waals surface area (Å²) in [4.78, 5) is 4.32. The molecular formula is C15H17BrN2O3S2. The molecule has 0 radical (unpaired) electrons. The fourth-order valence-corrected chi connectivity index (χ4v) is 5.95. The molecule has 23 heavy (non-hydrogen) atoms. The molecule has 1 aromatic heterocycles. The summed E-state index contributed by atoms with van der Waals surface area (Å²) in [6.07, 6.45) is 1.41. The third-order valence-corrected chi connectivity index (χ3v) is 7.66. The molecule has 1 aromatic carbocycles. The van der Waals surface area contributed by atoms with E-state index < -0.39 is 15.6 Å². The minimum atomic E-state index is -3.69. The second-order valence-corrected chi connectivity index (χ2v) is 9.42. The number of nitrogens with zero attached hydrogens (tertiary/aromatic N) is 2. The molecule has 1 aliphatic heterocycles. The summed E-state index contributed by atoms with van der Waals surface area (Å²) in [5.74, 6) is 0. The van der Waals surface area contributed by atoms with E-state index in [1.807, 2.05) is 24.3 Å². The van der Waals surface area contributed by atoms with Crippen molar-refractivity contribution >= 4 is 37.3 Å². The van der Waals surface area contributed by atoms with Crippen LogP contribution < -0.4 is 0 Å². The normalized spacial score (nSPS) is 22.6. The predicted octanol–water partition coefficient (Wildman–Crippen LogP) is 3.11. The van der Waals surface area contributed by atoms with Crippen molar-refractivity contribution in [1.82, 2.24) is 9.29 Å². The van der Waals surface area contributed by atoms with E-state index in [0.717, 1.165) is 16.5 Å². The number of hydrogen-bond donors (Lipinski definition) is 1. The molecule has 1 atom stereocenters. The van der Waals surface area contributed by atoms with Crippen molar-refractivity contribution in [3.8, 4) is 10.6 Å². The van der Waals surface area contributed by atoms with Crippen molar-refractivity contribution in [3.05, 3.63) is 34.1 Å². The lowest BCUT2D eigenvalue weighted by Crippen LogP contribution is -2.47. The summed E-state index contributed by atoms with van der Waals surface area (Å²) in [5.41, 5.74) is 0.145. The first-order valence-corrected chi connectivity index (χ1v) is 10.3. The Bertz CT molecular complexity index is 804. The number of hydrogen-bond acceptors (Lipinski definition) is 5. The van der Waals surface area contributed by atoms with E-state index >= 15 is 0 Å². The molecule has 0 aliphatic carbocycles. The standard InChI is InChI=1S/C15H17BrN2O3S2/c1-15(10-19)7-2-8-18(15)23(20,21)13-9-22-14(17-13)11-3-5-12(16)6-4-11/h3-6,9,19H,2,7-8,10H2,1H3/t15-/m1/s1. The molecule has 0 amide bonds. The fourth-order valence-electron chi connectivity index (χ4n) is 2.78. The van der Waals surface area contributed by atoms with Gasteiger partial charge in [0.1, 0.15) is 5.01 Å². The highest BCUT2D eigenvalue weighted by Gasteiger charge is 2.44. The maximum atomic E-state index is 12.9. The zero-order valence-corrected chi connectivity index (χ0v) is 15.8. The van der Waals surface area contributed by atoms with E-state index in [4.69, 9.17) is 0 Å². The number of sulfonamides is 1. The van der Waals surface area contributed by atoms with Gasteiger partial charge in [-0.3, -0.25) is 0 Å². The minimum Gasteiger partial charge on any atom is -0.394 e. The molecule has 0 unspecified atom stereocenters. The van der Waals surface area contributed by atoms with Gasteiger partial charge >= 0.3 is 0 Å². The van der Waals surface area contributed by atoms with Gasteiger partial charge in [0.2, 0.25) is 0 Å². The van der Waals surface area contributed by atoms with Gasteiger partial charge in [0.15, 0.2) is 5.03 Å². The van der Waals surface area contributed by atoms with Crippen LogP contribution in [0.1, 0.15) is 19.8 Å². The average Bonchev–Trinajstić information content (AvgIpc) is 3.16. The number of benzene rings is 1. The van der Waals surface area contributed by atoms with Gasteiger partial charge in [-0.2, -0.15) is 4.31 Å². The van der Waals surface area contributed by atoms with E-state index in [2.05, 4.69) is 20.9 Å². The number of aromatic nitrogens is 1. The van der Waals surface area contributed by atoms with E-state index in [-0.39, 0.29) is 11.6 Å². The van der Waals surface area contributed by atoms with Gasteiger partial charge in [0.05, 0.1) is 12.1 Å². The Labute approximate surface area is 148 Å². The number of thiazole rings is 1. The fraction of sp³-hybridized carbons (Fsp3) is 0.400. The molecule has 5 nitrogen and oxygen atoms in total. The lowest BCUT2D eigenvalue weighted by atomic mass is 10.0. The zero-order valence-electron chi connectivity index (χ0n) is 12.6. The third-order valence-electron chi connectivity index (χ3n) is 4.15. The summed E-state index contributed by atoms with van der Waals surface area (Å²) in [6.45, 7) is 2.01. The molecule has 1 aliphatic rings. The molecule has 1 fully saturated rings. The number of rotatable bonds is 4. The average molecular weight is 417 g/mol. The monoisotopic (exact) mass is 416 g/mol. The Balaban J connectivity index is 1.94. The summed E-state index contributed by atoms with van der Waals surface area (Å²) < 4.78 is 28.1. The molecular weight excluding hydrogens is 400 g/mol. The molecule has 0 spiro atoms. The van der Waals surface area contributed by atoms with Crippen molar-refractivity contribution in [2.24, 2.45) is 0 Å². The van der Waals surface area contributed by atoms with Crippen molar-refractivity contribution < 1.29 is 13.5 Å². The van der Waals surface area contributed by atoms with Crippen LogP contribution in [-0.4, -0.2) is 41.5 Å². The summed E-state index contributed by atoms with van der Waals surface area (Å²) in [5, 5.41) is 11.9. The molecule has 0 bridgehead atoms. The van der Waals surface area contributed by atoms with Crippen molar-refractivity contribution in [1.29, 1.82) is 0 Å². The summed E-state index contributed by atoms with van der Waals surface area (Å²) in [6, 6.07) is 7.59. The van der Waals surface area contributed by atoms with Crippen LogP contribution in [0.3, 0.4) is 0 Å². The number of aliphatic hydroxyl groups is 1. The Morgan fingerprint density at radius 2 is 2.09 bits per heavy atom. The quantitative estimate of drug-likeness (QED) is 0.830. The SMILES string of the molecule is C[C@]1(CO)CCCN1S(=O)(=O)c1csc(-c2ccc(Br)cc2)n1. The van der Waals surface area contributed by atoms with Crippen molar-refractivity contribution in [3.63, 3.8) is 0 Å². The van der Waals surface area contributed by atoms with Crippen LogP contribution in [0.25, 0.3) is 10.6 Å². The topological polar surface area (TPSA) is 70.5 Å². The maximum absolute atomic E-state index is 12.9. The molecule has 0 saturated carbocycles. The van der Waals surface area contributed by atoms with E-state index in [0.29, 0.717) is 18.0 Å². The van der Waals surface area contributed by atoms with Crippen LogP contribution in [0.15, 0.2) is 39.1 Å². The summed E-state index contributed by atoms with van der Waals surface area (Å²) in [7, 11) is -3.69. The molecule has 2 aromatic rings. The second-order valence-electron chi connectivity index (χ2n) is 5.83. The van der Waals surface area contributed by atoms with Gasteiger partial charge < -0.3 is 5.11 Å². The first-order chi connectivity index (χ1) is 10.9. The first kappa shape index (κ1) is 17.0. The highest BCUT2D eigenvalue weighted by Crippen LogP contribution is 2.35. The molecule has 8 heteroatoms. The van der Waals surface area contributed by atoms with Crippen molar-refractivity contribution in [2.45, 2.75) is 30.3 Å². The van der Waals surface area contributed by atoms with Gasteiger partial charge in [-0.15, -0.1) is 11.3 Å². The van der Waals surface area contributed by atoms with Gasteiger partial charge in [-0.25, -0.2) is 13.4 Å². The van der Waals surface area contributed by atoms with Crippen LogP contribution in [0.2, 0.25) is 0 Å². The minimum absolute atomic E-state index is 0.0574. The third kappa shape index (κ3) is 3.10. The lowest BCUT2D eigenvalue weighted by molar-refractivity contribution is 0.136. The van der Waals surface area contributed by atoms with Gasteiger partial charge in [0.25, 0.3) is 10.0 Å². The number of halogens is 1. The smallest absolute Gasteiger partial charge is 0.261 e. The molecule has 1 saturated heterocycles. The predicted molar refractivity (Wildman–Crippen MR) is 93.9 cm³/mol. The summed E-state index contributed by atoms with van der Waals surface area (Å²) >= 11 is 4.68. The van der Waals surface area contributed by atoms with Crippen LogP contribution >= 0.6 is 27.3 Å². The largest absolute Gasteiger partial charge is 0.394 e. The van der Waals surface area contributed by atoms with E-state index in [9.17, 15) is 13.5 Å².